The van der Waals surface area contributed by atoms with E-state index in [1.165, 1.54) is 18.5 Å². The van der Waals surface area contributed by atoms with Crippen LogP contribution in [0.25, 0.3) is 11.0 Å². The third kappa shape index (κ3) is 4.33. The lowest BCUT2D eigenvalue weighted by Gasteiger charge is -2.34. The summed E-state index contributed by atoms with van der Waals surface area (Å²) in [5, 5.41) is 2.78. The molecule has 1 aliphatic rings. The van der Waals surface area contributed by atoms with Crippen molar-refractivity contribution in [3.63, 3.8) is 0 Å². The Morgan fingerprint density at radius 1 is 1.23 bits per heavy atom. The predicted octanol–water partition coefficient (Wildman–Crippen LogP) is 3.04. The van der Waals surface area contributed by atoms with Gasteiger partial charge in [0.05, 0.1) is 29.2 Å². The average molecular weight is 437 g/mol. The van der Waals surface area contributed by atoms with E-state index in [4.69, 9.17) is 5.73 Å². The second-order valence-electron chi connectivity index (χ2n) is 7.41. The highest BCUT2D eigenvalue weighted by molar-refractivity contribution is 5.80. The highest BCUT2D eigenvalue weighted by Gasteiger charge is 2.32. The van der Waals surface area contributed by atoms with Crippen LogP contribution in [-0.4, -0.2) is 44.8 Å². The third-order valence-electron chi connectivity index (χ3n) is 5.21. The molecule has 0 radical (unpaired) electrons. The number of hydrogen-bond donors (Lipinski definition) is 1. The van der Waals surface area contributed by atoms with Crippen LogP contribution in [-0.2, 0) is 19.3 Å². The number of nitrogens with zero attached hydrogens (tertiary/aromatic N) is 6. The van der Waals surface area contributed by atoms with Crippen molar-refractivity contribution in [1.29, 1.82) is 0 Å². The Labute approximate surface area is 174 Å². The Morgan fingerprint density at radius 3 is 2.61 bits per heavy atom. The van der Waals surface area contributed by atoms with Crippen molar-refractivity contribution in [2.24, 2.45) is 10.9 Å². The summed E-state index contributed by atoms with van der Waals surface area (Å²) < 4.78 is 55.0. The Hall–Kier alpha value is -3.15. The largest absolute Gasteiger partial charge is 0.416 e. The summed E-state index contributed by atoms with van der Waals surface area (Å²) in [6, 6.07) is 2.60. The zero-order valence-corrected chi connectivity index (χ0v) is 16.3. The quantitative estimate of drug-likeness (QED) is 0.486. The Balaban J connectivity index is 1.75. The number of anilines is 1. The van der Waals surface area contributed by atoms with Crippen LogP contribution in [0.1, 0.15) is 23.4 Å². The van der Waals surface area contributed by atoms with Crippen LogP contribution in [0, 0.1) is 4.91 Å². The predicted molar refractivity (Wildman–Crippen MR) is 105 cm³/mol. The lowest BCUT2D eigenvalue weighted by Crippen LogP contribution is -2.50. The summed E-state index contributed by atoms with van der Waals surface area (Å²) in [5.41, 5.74) is 6.22. The van der Waals surface area contributed by atoms with Crippen molar-refractivity contribution < 1.29 is 17.6 Å². The topological polar surface area (TPSA) is 102 Å². The number of imidazole rings is 1. The molecule has 31 heavy (non-hydrogen) atoms. The highest BCUT2D eigenvalue weighted by atomic mass is 19.4. The molecule has 8 nitrogen and oxygen atoms in total. The van der Waals surface area contributed by atoms with Gasteiger partial charge in [0.2, 0.25) is 5.95 Å². The Bertz CT molecular complexity index is 1080. The van der Waals surface area contributed by atoms with Crippen LogP contribution < -0.4 is 10.6 Å². The average Bonchev–Trinajstić information content (AvgIpc) is 3.09. The fourth-order valence-electron chi connectivity index (χ4n) is 3.59. The van der Waals surface area contributed by atoms with Crippen LogP contribution in [0.2, 0.25) is 0 Å². The first-order valence-electron chi connectivity index (χ1n) is 9.57. The first-order valence-corrected chi connectivity index (χ1v) is 9.57. The van der Waals surface area contributed by atoms with Crippen molar-refractivity contribution in [3.8, 4) is 0 Å². The van der Waals surface area contributed by atoms with Gasteiger partial charge in [-0.2, -0.15) is 18.1 Å². The molecule has 0 spiro atoms. The molecule has 0 bridgehead atoms. The molecule has 12 heteroatoms. The molecule has 2 aromatic heterocycles. The summed E-state index contributed by atoms with van der Waals surface area (Å²) >= 11 is 0. The Kier molecular flexibility index (Phi) is 5.56. The van der Waals surface area contributed by atoms with Crippen LogP contribution in [0.5, 0.6) is 0 Å². The van der Waals surface area contributed by atoms with E-state index in [1.807, 2.05) is 0 Å². The molecule has 3 aromatic rings. The number of halogens is 4. The van der Waals surface area contributed by atoms with Gasteiger partial charge in [0.25, 0.3) is 0 Å². The van der Waals surface area contributed by atoms with Gasteiger partial charge in [-0.1, -0.05) is 5.18 Å². The summed E-state index contributed by atoms with van der Waals surface area (Å²) in [5.74, 6) is 0.749. The monoisotopic (exact) mass is 437 g/mol. The van der Waals surface area contributed by atoms with E-state index in [-0.39, 0.29) is 31.6 Å². The molecule has 1 aliphatic heterocycles. The van der Waals surface area contributed by atoms with E-state index in [9.17, 15) is 22.5 Å². The van der Waals surface area contributed by atoms with Crippen LogP contribution >= 0.6 is 0 Å². The molecular formula is C19H19F4N7O. The molecule has 164 valence electrons. The second kappa shape index (κ2) is 8.17. The van der Waals surface area contributed by atoms with E-state index < -0.39 is 24.0 Å². The maximum Gasteiger partial charge on any atom is 0.416 e. The van der Waals surface area contributed by atoms with E-state index in [2.05, 4.69) is 20.1 Å². The van der Waals surface area contributed by atoms with Crippen molar-refractivity contribution in [1.82, 2.24) is 19.5 Å². The molecule has 2 N–H and O–H groups in total. The minimum Gasteiger partial charge on any atom is -0.340 e. The van der Waals surface area contributed by atoms with Gasteiger partial charge in [-0.15, -0.1) is 0 Å². The second-order valence-corrected chi connectivity index (χ2v) is 7.41. The summed E-state index contributed by atoms with van der Waals surface area (Å²) in [6.45, 7) is 0.573. The van der Waals surface area contributed by atoms with Crippen LogP contribution in [0.4, 0.5) is 23.5 Å². The normalized spacial score (nSPS) is 19.7. The SMILES string of the molecule is N[C@@H]1CN(c2nc3cc(C(F)(F)F)ccc3n2Cc2ncc(CN=O)cn2)CC[C@@H]1F. The van der Waals surface area contributed by atoms with E-state index in [0.29, 0.717) is 29.4 Å². The molecule has 0 aliphatic carbocycles. The highest BCUT2D eigenvalue weighted by Crippen LogP contribution is 2.33. The van der Waals surface area contributed by atoms with E-state index in [0.717, 1.165) is 12.1 Å². The van der Waals surface area contributed by atoms with E-state index in [1.54, 1.807) is 9.47 Å². The molecule has 1 saturated heterocycles. The van der Waals surface area contributed by atoms with E-state index >= 15 is 0 Å². The Morgan fingerprint density at radius 2 is 1.97 bits per heavy atom. The summed E-state index contributed by atoms with van der Waals surface area (Å²) in [7, 11) is 0. The zero-order chi connectivity index (χ0) is 22.2. The molecule has 0 unspecified atom stereocenters. The molecule has 1 aromatic carbocycles. The number of fused-ring (bicyclic) bond motifs is 1. The minimum atomic E-state index is -4.50. The minimum absolute atomic E-state index is 0.0597. The van der Waals surface area contributed by atoms with Crippen LogP contribution in [0.15, 0.2) is 35.8 Å². The number of rotatable bonds is 5. The molecule has 2 atom stereocenters. The molecule has 0 saturated carbocycles. The van der Waals surface area contributed by atoms with Crippen molar-refractivity contribution in [3.05, 3.63) is 52.5 Å². The maximum atomic E-state index is 13.8. The van der Waals surface area contributed by atoms with Crippen molar-refractivity contribution >= 4 is 17.0 Å². The lowest BCUT2D eigenvalue weighted by atomic mass is 10.1. The lowest BCUT2D eigenvalue weighted by molar-refractivity contribution is -0.137. The molecule has 0 amide bonds. The fraction of sp³-hybridized carbons (Fsp3) is 0.421. The molecular weight excluding hydrogens is 418 g/mol. The number of benzene rings is 1. The molecule has 1 fully saturated rings. The number of nitrogens with two attached hydrogens (primary N) is 1. The summed E-state index contributed by atoms with van der Waals surface area (Å²) in [4.78, 5) is 25.0. The van der Waals surface area contributed by atoms with Gasteiger partial charge >= 0.3 is 6.18 Å². The van der Waals surface area contributed by atoms with Crippen molar-refractivity contribution in [2.45, 2.75) is 37.9 Å². The van der Waals surface area contributed by atoms with Gasteiger partial charge in [-0.05, 0) is 24.6 Å². The molecule has 4 rings (SSSR count). The van der Waals surface area contributed by atoms with Gasteiger partial charge in [0.15, 0.2) is 0 Å². The zero-order valence-electron chi connectivity index (χ0n) is 16.3. The van der Waals surface area contributed by atoms with Gasteiger partial charge < -0.3 is 15.2 Å². The van der Waals surface area contributed by atoms with Crippen molar-refractivity contribution in [2.75, 3.05) is 18.0 Å². The summed E-state index contributed by atoms with van der Waals surface area (Å²) in [6.07, 6.45) is -2.52. The van der Waals surface area contributed by atoms with Gasteiger partial charge in [0.1, 0.15) is 18.5 Å². The standard InChI is InChI=1S/C19H19F4N7O/c20-13-3-4-29(9-14(13)24)18-28-15-5-12(19(21,22)23)1-2-16(15)30(18)10-17-25-6-11(7-26-17)8-27-31/h1-2,5-7,13-14H,3-4,8-10,24H2/t13-,14+/m0/s1. The fourth-order valence-corrected chi connectivity index (χ4v) is 3.59. The van der Waals surface area contributed by atoms with Crippen LogP contribution in [0.3, 0.4) is 0 Å². The third-order valence-corrected chi connectivity index (χ3v) is 5.21. The van der Waals surface area contributed by atoms with Gasteiger partial charge in [-0.3, -0.25) is 0 Å². The number of nitroso groups, excluding NO2 is 1. The first kappa shape index (κ1) is 21.1. The first-order chi connectivity index (χ1) is 14.8. The number of piperidine rings is 1. The number of alkyl halides is 4. The van der Waals surface area contributed by atoms with Gasteiger partial charge in [0, 0.05) is 31.0 Å². The number of aromatic nitrogens is 4. The number of hydrogen-bond acceptors (Lipinski definition) is 7. The van der Waals surface area contributed by atoms with Gasteiger partial charge in [-0.25, -0.2) is 19.3 Å². The smallest absolute Gasteiger partial charge is 0.340 e. The maximum absolute atomic E-state index is 13.8. The molecule has 3 heterocycles.